The van der Waals surface area contributed by atoms with Crippen molar-refractivity contribution in [3.63, 3.8) is 0 Å². The minimum atomic E-state index is -1.03. The van der Waals surface area contributed by atoms with E-state index in [-0.39, 0.29) is 5.91 Å². The largest absolute Gasteiger partial charge is 0.308 e. The lowest BCUT2D eigenvalue weighted by Crippen LogP contribution is -2.26. The average molecular weight is 317 g/mol. The first kappa shape index (κ1) is 13.1. The molecule has 0 bridgehead atoms. The predicted octanol–water partition coefficient (Wildman–Crippen LogP) is 2.38. The molecule has 1 aromatic heterocycles. The van der Waals surface area contributed by atoms with Gasteiger partial charge in [-0.2, -0.15) is 5.26 Å². The Morgan fingerprint density at radius 1 is 1.63 bits per heavy atom. The first-order valence-corrected chi connectivity index (χ1v) is 7.46. The van der Waals surface area contributed by atoms with E-state index in [4.69, 9.17) is 23.2 Å². The van der Waals surface area contributed by atoms with Crippen LogP contribution in [0.3, 0.4) is 0 Å². The summed E-state index contributed by atoms with van der Waals surface area (Å²) in [7, 11) is 0. The van der Waals surface area contributed by atoms with Gasteiger partial charge in [-0.25, -0.2) is 4.98 Å². The molecule has 3 rings (SSSR count). The summed E-state index contributed by atoms with van der Waals surface area (Å²) < 4.78 is 0.783. The van der Waals surface area contributed by atoms with Gasteiger partial charge >= 0.3 is 0 Å². The van der Waals surface area contributed by atoms with E-state index >= 15 is 0 Å². The standard InChI is InChI=1S/C11H10Cl2N4OS/c1-10(5-11(10,12)13)8(18)15-7-6(4-14)17-2-3-19-9(17)16-7/h2-3,5H2,1H3,(H,15,18)/t10-/m0/s1. The van der Waals surface area contributed by atoms with Gasteiger partial charge in [-0.05, 0) is 13.3 Å². The first-order valence-electron chi connectivity index (χ1n) is 5.72. The van der Waals surface area contributed by atoms with Crippen LogP contribution in [0.2, 0.25) is 0 Å². The van der Waals surface area contributed by atoms with E-state index < -0.39 is 9.75 Å². The van der Waals surface area contributed by atoms with Crippen molar-refractivity contribution in [2.24, 2.45) is 5.41 Å². The fourth-order valence-electron chi connectivity index (χ4n) is 2.07. The van der Waals surface area contributed by atoms with Crippen LogP contribution in [0.15, 0.2) is 5.16 Å². The van der Waals surface area contributed by atoms with Gasteiger partial charge < -0.3 is 9.88 Å². The molecule has 1 aromatic rings. The molecule has 1 aliphatic heterocycles. The molecule has 2 aliphatic rings. The number of anilines is 1. The van der Waals surface area contributed by atoms with Gasteiger partial charge in [0.05, 0.1) is 5.41 Å². The molecule has 8 heteroatoms. The fourth-order valence-corrected chi connectivity index (χ4v) is 3.73. The van der Waals surface area contributed by atoms with Crippen molar-refractivity contribution in [2.45, 2.75) is 29.4 Å². The maximum Gasteiger partial charge on any atom is 0.234 e. The summed E-state index contributed by atoms with van der Waals surface area (Å²) in [6.07, 6.45) is 0.402. The molecule has 100 valence electrons. The lowest BCUT2D eigenvalue weighted by molar-refractivity contribution is -0.120. The summed E-state index contributed by atoms with van der Waals surface area (Å²) in [5.74, 6) is 0.901. The van der Waals surface area contributed by atoms with E-state index in [0.717, 1.165) is 17.5 Å². The van der Waals surface area contributed by atoms with Gasteiger partial charge in [0.15, 0.2) is 16.7 Å². The highest BCUT2D eigenvalue weighted by Gasteiger charge is 2.68. The Balaban J connectivity index is 1.86. The number of rotatable bonds is 2. The highest BCUT2D eigenvalue weighted by atomic mass is 35.5. The fraction of sp³-hybridized carbons (Fsp3) is 0.545. The highest BCUT2D eigenvalue weighted by molar-refractivity contribution is 7.99. The Morgan fingerprint density at radius 2 is 2.32 bits per heavy atom. The van der Waals surface area contributed by atoms with Crippen molar-refractivity contribution in [2.75, 3.05) is 11.1 Å². The SMILES string of the molecule is C[C@@]1(C(=O)Nc2nc3n(c2C#N)CCS3)CC1(Cl)Cl. The normalized spacial score (nSPS) is 26.6. The minimum Gasteiger partial charge on any atom is -0.308 e. The predicted molar refractivity (Wildman–Crippen MR) is 73.5 cm³/mol. The van der Waals surface area contributed by atoms with Crippen molar-refractivity contribution in [3.8, 4) is 6.07 Å². The van der Waals surface area contributed by atoms with Gasteiger partial charge in [0.1, 0.15) is 10.4 Å². The number of hydrogen-bond donors (Lipinski definition) is 1. The number of nitriles is 1. The third-order valence-corrected chi connectivity index (χ3v) is 5.63. The molecule has 0 unspecified atom stereocenters. The number of amides is 1. The molecule has 19 heavy (non-hydrogen) atoms. The minimum absolute atomic E-state index is 0.296. The number of nitrogens with one attached hydrogen (secondary N) is 1. The zero-order chi connectivity index (χ0) is 13.8. The molecule has 0 radical (unpaired) electrons. The van der Waals surface area contributed by atoms with Crippen LogP contribution in [-0.4, -0.2) is 25.5 Å². The highest BCUT2D eigenvalue weighted by Crippen LogP contribution is 2.64. The van der Waals surface area contributed by atoms with Crippen molar-refractivity contribution in [1.29, 1.82) is 5.26 Å². The molecule has 1 atom stereocenters. The monoisotopic (exact) mass is 316 g/mol. The van der Waals surface area contributed by atoms with E-state index in [1.54, 1.807) is 18.7 Å². The summed E-state index contributed by atoms with van der Waals surface area (Å²) in [6.45, 7) is 2.44. The number of hydrogen-bond acceptors (Lipinski definition) is 4. The van der Waals surface area contributed by atoms with Gasteiger partial charge in [-0.15, -0.1) is 23.2 Å². The van der Waals surface area contributed by atoms with Gasteiger partial charge in [-0.3, -0.25) is 4.79 Å². The quantitative estimate of drug-likeness (QED) is 0.850. The lowest BCUT2D eigenvalue weighted by atomic mass is 10.1. The van der Waals surface area contributed by atoms with Crippen molar-refractivity contribution in [3.05, 3.63) is 5.69 Å². The molecule has 1 aliphatic carbocycles. The van der Waals surface area contributed by atoms with E-state index in [2.05, 4.69) is 16.4 Å². The Morgan fingerprint density at radius 3 is 2.89 bits per heavy atom. The van der Waals surface area contributed by atoms with Crippen LogP contribution < -0.4 is 5.32 Å². The van der Waals surface area contributed by atoms with Crippen LogP contribution in [0.4, 0.5) is 5.82 Å². The molecule has 1 N–H and O–H groups in total. The van der Waals surface area contributed by atoms with E-state index in [1.807, 2.05) is 4.57 Å². The summed E-state index contributed by atoms with van der Waals surface area (Å²) in [5, 5.41) is 12.6. The number of nitrogens with zero attached hydrogens (tertiary/aromatic N) is 3. The van der Waals surface area contributed by atoms with Gasteiger partial charge in [0, 0.05) is 12.3 Å². The molecular weight excluding hydrogens is 307 g/mol. The summed E-state index contributed by atoms with van der Waals surface area (Å²) in [5.41, 5.74) is -0.434. The maximum atomic E-state index is 12.2. The van der Waals surface area contributed by atoms with Crippen molar-refractivity contribution < 1.29 is 4.79 Å². The lowest BCUT2D eigenvalue weighted by Gasteiger charge is -2.11. The second kappa shape index (κ2) is 4.05. The molecule has 1 amide bonds. The van der Waals surface area contributed by atoms with E-state index in [9.17, 15) is 10.1 Å². The summed E-state index contributed by atoms with van der Waals surface area (Å²) in [6, 6.07) is 2.08. The van der Waals surface area contributed by atoms with Crippen molar-refractivity contribution in [1.82, 2.24) is 9.55 Å². The molecule has 5 nitrogen and oxygen atoms in total. The van der Waals surface area contributed by atoms with Crippen LogP contribution in [0, 0.1) is 16.7 Å². The van der Waals surface area contributed by atoms with Crippen LogP contribution in [0.25, 0.3) is 0 Å². The molecule has 0 aromatic carbocycles. The van der Waals surface area contributed by atoms with Crippen LogP contribution in [-0.2, 0) is 11.3 Å². The third kappa shape index (κ3) is 1.83. The number of carbonyl (C=O) groups excluding carboxylic acids is 1. The number of fused-ring (bicyclic) bond motifs is 1. The zero-order valence-corrected chi connectivity index (χ0v) is 12.4. The number of imidazole rings is 1. The number of alkyl halides is 2. The molecule has 1 fully saturated rings. The number of halogens is 2. The molecular formula is C11H10Cl2N4OS. The molecule has 0 saturated heterocycles. The Labute approximate surface area is 124 Å². The summed E-state index contributed by atoms with van der Waals surface area (Å²) >= 11 is 13.5. The van der Waals surface area contributed by atoms with Crippen LogP contribution in [0.1, 0.15) is 19.0 Å². The molecule has 1 saturated carbocycles. The second-order valence-corrected chi connectivity index (χ2v) is 7.42. The topological polar surface area (TPSA) is 70.7 Å². The average Bonchev–Trinajstić information content (AvgIpc) is 2.71. The second-order valence-electron chi connectivity index (χ2n) is 4.87. The Hall–Kier alpha value is -0.900. The van der Waals surface area contributed by atoms with E-state index in [0.29, 0.717) is 17.9 Å². The van der Waals surface area contributed by atoms with E-state index in [1.165, 1.54) is 0 Å². The number of thioether (sulfide) groups is 1. The number of carbonyl (C=O) groups is 1. The molecule has 2 heterocycles. The zero-order valence-electron chi connectivity index (χ0n) is 10.0. The smallest absolute Gasteiger partial charge is 0.234 e. The van der Waals surface area contributed by atoms with Gasteiger partial charge in [-0.1, -0.05) is 11.8 Å². The molecule has 0 spiro atoms. The summed E-state index contributed by atoms with van der Waals surface area (Å²) in [4.78, 5) is 16.4. The van der Waals surface area contributed by atoms with Gasteiger partial charge in [0.25, 0.3) is 0 Å². The maximum absolute atomic E-state index is 12.2. The Kier molecular flexibility index (Phi) is 2.79. The van der Waals surface area contributed by atoms with Crippen LogP contribution in [0.5, 0.6) is 0 Å². The Bertz CT molecular complexity index is 621. The van der Waals surface area contributed by atoms with Crippen molar-refractivity contribution >= 4 is 46.7 Å². The van der Waals surface area contributed by atoms with Crippen LogP contribution >= 0.6 is 35.0 Å². The first-order chi connectivity index (χ1) is 8.89. The number of aromatic nitrogens is 2. The van der Waals surface area contributed by atoms with Gasteiger partial charge in [0.2, 0.25) is 5.91 Å². The third-order valence-electron chi connectivity index (χ3n) is 3.58.